The fourth-order valence-corrected chi connectivity index (χ4v) is 6.05. The number of fused-ring (bicyclic) bond motifs is 3. The smallest absolute Gasteiger partial charge is 0.115 e. The van der Waals surface area contributed by atoms with E-state index < -0.39 is 0 Å². The molecule has 2 atom stereocenters. The Bertz CT molecular complexity index is 1130. The summed E-state index contributed by atoms with van der Waals surface area (Å²) in [6.07, 6.45) is 5.93. The number of pyridine rings is 1. The lowest BCUT2D eigenvalue weighted by atomic mass is 9.58. The summed E-state index contributed by atoms with van der Waals surface area (Å²) in [5, 5.41) is 12.1. The van der Waals surface area contributed by atoms with Crippen LogP contribution in [0.5, 0.6) is 5.75 Å². The Kier molecular flexibility index (Phi) is 4.33. The molecule has 154 valence electrons. The summed E-state index contributed by atoms with van der Waals surface area (Å²) in [4.78, 5) is 7.77. The Morgan fingerprint density at radius 3 is 2.87 bits per heavy atom. The fourth-order valence-electron chi connectivity index (χ4n) is 5.88. The molecule has 1 N–H and O–H groups in total. The van der Waals surface area contributed by atoms with Crippen LogP contribution in [0.2, 0.25) is 5.02 Å². The van der Waals surface area contributed by atoms with Crippen LogP contribution >= 0.6 is 11.6 Å². The molecule has 0 bridgehead atoms. The van der Waals surface area contributed by atoms with E-state index in [4.69, 9.17) is 16.6 Å². The van der Waals surface area contributed by atoms with E-state index in [0.29, 0.717) is 11.7 Å². The molecule has 0 spiro atoms. The highest BCUT2D eigenvalue weighted by molar-refractivity contribution is 6.31. The molecule has 2 aliphatic carbocycles. The second-order valence-electron chi connectivity index (χ2n) is 9.67. The van der Waals surface area contributed by atoms with Gasteiger partial charge in [0.2, 0.25) is 0 Å². The molecule has 3 nitrogen and oxygen atoms in total. The quantitative estimate of drug-likeness (QED) is 0.621. The van der Waals surface area contributed by atoms with Gasteiger partial charge in [-0.1, -0.05) is 29.8 Å². The minimum atomic E-state index is 0.0467. The number of aromatic hydroxyl groups is 1. The Balaban J connectivity index is 1.44. The Hall–Kier alpha value is -2.10. The van der Waals surface area contributed by atoms with E-state index in [9.17, 15) is 5.11 Å². The van der Waals surface area contributed by atoms with Gasteiger partial charge in [0.05, 0.1) is 5.52 Å². The van der Waals surface area contributed by atoms with E-state index in [1.165, 1.54) is 41.6 Å². The Morgan fingerprint density at radius 2 is 2.03 bits per heavy atom. The third-order valence-electron chi connectivity index (χ3n) is 7.67. The van der Waals surface area contributed by atoms with Gasteiger partial charge in [0.25, 0.3) is 0 Å². The molecule has 0 amide bonds. The highest BCUT2D eigenvalue weighted by Gasteiger charge is 2.48. The SMILES string of the molecule is Oc1cccc([C@@]23CCN(CC4CC4)C[C@@H]2Cc2cc4ccc(Cl)cc4nc2C3)c1. The zero-order chi connectivity index (χ0) is 20.3. The monoisotopic (exact) mass is 418 g/mol. The lowest BCUT2D eigenvalue weighted by Crippen LogP contribution is -2.54. The van der Waals surface area contributed by atoms with E-state index in [2.05, 4.69) is 23.1 Å². The van der Waals surface area contributed by atoms with Crippen molar-refractivity contribution in [3.05, 3.63) is 70.4 Å². The average molecular weight is 419 g/mol. The molecule has 1 aromatic heterocycles. The number of piperidine rings is 1. The van der Waals surface area contributed by atoms with Crippen LogP contribution in [0.25, 0.3) is 10.9 Å². The van der Waals surface area contributed by atoms with Crippen molar-refractivity contribution >= 4 is 22.5 Å². The van der Waals surface area contributed by atoms with Crippen molar-refractivity contribution in [3.63, 3.8) is 0 Å². The number of halogens is 1. The first-order chi connectivity index (χ1) is 14.6. The summed E-state index contributed by atoms with van der Waals surface area (Å²) in [5.41, 5.74) is 4.90. The largest absolute Gasteiger partial charge is 0.508 e. The van der Waals surface area contributed by atoms with E-state index >= 15 is 0 Å². The molecule has 1 saturated carbocycles. The molecule has 2 fully saturated rings. The average Bonchev–Trinajstić information content (AvgIpc) is 3.55. The number of hydrogen-bond acceptors (Lipinski definition) is 3. The third-order valence-corrected chi connectivity index (χ3v) is 7.90. The first-order valence-corrected chi connectivity index (χ1v) is 11.6. The normalized spacial score (nSPS) is 26.4. The third kappa shape index (κ3) is 3.19. The second kappa shape index (κ2) is 6.96. The van der Waals surface area contributed by atoms with Crippen molar-refractivity contribution in [1.82, 2.24) is 9.88 Å². The zero-order valence-corrected chi connectivity index (χ0v) is 17.9. The number of likely N-dealkylation sites (tertiary alicyclic amines) is 1. The fraction of sp³-hybridized carbons (Fsp3) is 0.423. The van der Waals surface area contributed by atoms with Gasteiger partial charge in [-0.15, -0.1) is 0 Å². The zero-order valence-electron chi connectivity index (χ0n) is 17.1. The minimum absolute atomic E-state index is 0.0467. The Labute approximate surface area is 182 Å². The molecule has 3 aromatic rings. The summed E-state index contributed by atoms with van der Waals surface area (Å²) < 4.78 is 0. The van der Waals surface area contributed by atoms with Crippen LogP contribution in [0, 0.1) is 11.8 Å². The minimum Gasteiger partial charge on any atom is -0.508 e. The van der Waals surface area contributed by atoms with Gasteiger partial charge in [-0.3, -0.25) is 4.98 Å². The van der Waals surface area contributed by atoms with Gasteiger partial charge in [-0.25, -0.2) is 0 Å². The van der Waals surface area contributed by atoms with E-state index in [0.717, 1.165) is 48.8 Å². The molecular formula is C26H27ClN2O. The molecule has 1 saturated heterocycles. The molecule has 4 heteroatoms. The maximum Gasteiger partial charge on any atom is 0.115 e. The Morgan fingerprint density at radius 1 is 1.13 bits per heavy atom. The molecular weight excluding hydrogens is 392 g/mol. The summed E-state index contributed by atoms with van der Waals surface area (Å²) in [7, 11) is 0. The summed E-state index contributed by atoms with van der Waals surface area (Å²) in [5.74, 6) is 1.83. The highest BCUT2D eigenvalue weighted by atomic mass is 35.5. The van der Waals surface area contributed by atoms with Crippen LogP contribution < -0.4 is 0 Å². The number of phenolic OH excluding ortho intramolecular Hbond substituents is 1. The van der Waals surface area contributed by atoms with E-state index in [-0.39, 0.29) is 5.41 Å². The number of rotatable bonds is 3. The van der Waals surface area contributed by atoms with Gasteiger partial charge >= 0.3 is 0 Å². The van der Waals surface area contributed by atoms with E-state index in [1.807, 2.05) is 24.3 Å². The molecule has 2 aromatic carbocycles. The molecule has 30 heavy (non-hydrogen) atoms. The van der Waals surface area contributed by atoms with Crippen molar-refractivity contribution in [2.45, 2.75) is 37.5 Å². The first-order valence-electron chi connectivity index (χ1n) is 11.2. The maximum absolute atomic E-state index is 10.2. The summed E-state index contributed by atoms with van der Waals surface area (Å²) in [6, 6.07) is 16.3. The van der Waals surface area contributed by atoms with Gasteiger partial charge in [0.1, 0.15) is 5.75 Å². The van der Waals surface area contributed by atoms with Crippen LogP contribution in [-0.2, 0) is 18.3 Å². The molecule has 0 unspecified atom stereocenters. The van der Waals surface area contributed by atoms with Gasteiger partial charge in [0.15, 0.2) is 0 Å². The number of benzene rings is 2. The van der Waals surface area contributed by atoms with Crippen LogP contribution in [0.1, 0.15) is 36.1 Å². The van der Waals surface area contributed by atoms with Gasteiger partial charge < -0.3 is 10.0 Å². The summed E-state index contributed by atoms with van der Waals surface area (Å²) in [6.45, 7) is 3.54. The maximum atomic E-state index is 10.2. The first kappa shape index (κ1) is 18.7. The molecule has 0 radical (unpaired) electrons. The lowest BCUT2D eigenvalue weighted by molar-refractivity contribution is 0.0777. The van der Waals surface area contributed by atoms with E-state index in [1.54, 1.807) is 6.07 Å². The van der Waals surface area contributed by atoms with Crippen LogP contribution in [0.15, 0.2) is 48.5 Å². The van der Waals surface area contributed by atoms with Crippen LogP contribution in [-0.4, -0.2) is 34.6 Å². The highest BCUT2D eigenvalue weighted by Crippen LogP contribution is 2.49. The number of aromatic nitrogens is 1. The van der Waals surface area contributed by atoms with Gasteiger partial charge in [-0.05, 0) is 85.5 Å². The van der Waals surface area contributed by atoms with Crippen molar-refractivity contribution in [2.24, 2.45) is 11.8 Å². The predicted octanol–water partition coefficient (Wildman–Crippen LogP) is 5.36. The number of nitrogens with zero attached hydrogens (tertiary/aromatic N) is 2. The van der Waals surface area contributed by atoms with Gasteiger partial charge in [-0.2, -0.15) is 0 Å². The molecule has 6 rings (SSSR count). The van der Waals surface area contributed by atoms with Crippen LogP contribution in [0.4, 0.5) is 0 Å². The van der Waals surface area contributed by atoms with Crippen molar-refractivity contribution < 1.29 is 5.11 Å². The molecule has 1 aliphatic heterocycles. The lowest BCUT2D eigenvalue weighted by Gasteiger charge is -2.51. The summed E-state index contributed by atoms with van der Waals surface area (Å²) >= 11 is 6.24. The van der Waals surface area contributed by atoms with Gasteiger partial charge in [0, 0.05) is 41.0 Å². The second-order valence-corrected chi connectivity index (χ2v) is 10.1. The predicted molar refractivity (Wildman–Crippen MR) is 121 cm³/mol. The molecule has 3 aliphatic rings. The van der Waals surface area contributed by atoms with Crippen molar-refractivity contribution in [2.75, 3.05) is 19.6 Å². The number of phenols is 1. The standard InChI is InChI=1S/C26H27ClN2O/c27-22-7-6-18-10-19-11-21-16-29(15-17-4-5-17)9-8-26(21,14-25(19)28-24(18)13-22)20-2-1-3-23(30)12-20/h1-3,6-7,10,12-13,17,21,30H,4-5,8-9,11,14-16H2/t21-,26-/m0/s1. The molecule has 2 heterocycles. The van der Waals surface area contributed by atoms with Crippen molar-refractivity contribution in [3.8, 4) is 5.75 Å². The topological polar surface area (TPSA) is 36.4 Å². The number of hydrogen-bond donors (Lipinski definition) is 1. The van der Waals surface area contributed by atoms with Crippen molar-refractivity contribution in [1.29, 1.82) is 0 Å². The van der Waals surface area contributed by atoms with Crippen LogP contribution in [0.3, 0.4) is 0 Å².